The summed E-state index contributed by atoms with van der Waals surface area (Å²) in [7, 11) is 0. The first kappa shape index (κ1) is 15.2. The fraction of sp³-hybridized carbons (Fsp3) is 0.800. The van der Waals surface area contributed by atoms with Crippen molar-refractivity contribution in [2.75, 3.05) is 19.6 Å². The number of amides is 1. The normalized spacial score (nSPS) is 20.9. The van der Waals surface area contributed by atoms with Gasteiger partial charge >= 0.3 is 0 Å². The lowest BCUT2D eigenvalue weighted by molar-refractivity contribution is -0.127. The Labute approximate surface area is 112 Å². The summed E-state index contributed by atoms with van der Waals surface area (Å²) < 4.78 is 0. The van der Waals surface area contributed by atoms with Gasteiger partial charge in [-0.05, 0) is 38.2 Å². The summed E-state index contributed by atoms with van der Waals surface area (Å²) >= 11 is 0. The molecule has 1 saturated heterocycles. The Hall–Kier alpha value is -0.830. The van der Waals surface area contributed by atoms with Gasteiger partial charge in [-0.1, -0.05) is 20.4 Å². The molecule has 18 heavy (non-hydrogen) atoms. The highest BCUT2D eigenvalue weighted by Gasteiger charge is 2.31. The quantitative estimate of drug-likeness (QED) is 0.762. The molecule has 3 nitrogen and oxygen atoms in total. The maximum Gasteiger partial charge on any atom is 0.223 e. The molecule has 0 bridgehead atoms. The van der Waals surface area contributed by atoms with Crippen molar-refractivity contribution in [3.05, 3.63) is 12.2 Å². The van der Waals surface area contributed by atoms with E-state index >= 15 is 0 Å². The second kappa shape index (κ2) is 5.87. The molecule has 1 amide bonds. The van der Waals surface area contributed by atoms with Crippen LogP contribution in [0.5, 0.6) is 0 Å². The summed E-state index contributed by atoms with van der Waals surface area (Å²) in [4.78, 5) is 13.8. The molecule has 0 aromatic rings. The van der Waals surface area contributed by atoms with Crippen LogP contribution in [0.3, 0.4) is 0 Å². The average Bonchev–Trinajstić information content (AvgIpc) is 2.57. The Morgan fingerprint density at radius 1 is 1.50 bits per heavy atom. The fourth-order valence-corrected chi connectivity index (χ4v) is 2.12. The van der Waals surface area contributed by atoms with E-state index in [1.54, 1.807) is 0 Å². The monoisotopic (exact) mass is 252 g/mol. The molecule has 104 valence electrons. The molecule has 0 saturated carbocycles. The van der Waals surface area contributed by atoms with Crippen LogP contribution in [0, 0.1) is 11.8 Å². The lowest BCUT2D eigenvalue weighted by Gasteiger charge is -2.24. The van der Waals surface area contributed by atoms with Gasteiger partial charge in [-0.3, -0.25) is 4.79 Å². The number of rotatable bonds is 5. The van der Waals surface area contributed by atoms with Crippen molar-refractivity contribution in [2.24, 2.45) is 11.8 Å². The minimum Gasteiger partial charge on any atom is -0.338 e. The second-order valence-electron chi connectivity index (χ2n) is 6.84. The highest BCUT2D eigenvalue weighted by molar-refractivity contribution is 5.78. The zero-order valence-electron chi connectivity index (χ0n) is 12.5. The molecule has 1 atom stereocenters. The van der Waals surface area contributed by atoms with Gasteiger partial charge in [0.2, 0.25) is 5.91 Å². The van der Waals surface area contributed by atoms with Crippen LogP contribution >= 0.6 is 0 Å². The maximum absolute atomic E-state index is 11.9. The van der Waals surface area contributed by atoms with Gasteiger partial charge in [0.15, 0.2) is 0 Å². The van der Waals surface area contributed by atoms with Crippen molar-refractivity contribution in [1.29, 1.82) is 0 Å². The van der Waals surface area contributed by atoms with E-state index < -0.39 is 0 Å². The van der Waals surface area contributed by atoms with Gasteiger partial charge in [0, 0.05) is 31.6 Å². The summed E-state index contributed by atoms with van der Waals surface area (Å²) in [6.45, 7) is 17.2. The van der Waals surface area contributed by atoms with Crippen LogP contribution in [0.2, 0.25) is 0 Å². The number of hydrogen-bond donors (Lipinski definition) is 1. The van der Waals surface area contributed by atoms with Gasteiger partial charge in [-0.2, -0.15) is 0 Å². The molecule has 0 radical (unpaired) electrons. The predicted molar refractivity (Wildman–Crippen MR) is 76.4 cm³/mol. The zero-order valence-corrected chi connectivity index (χ0v) is 12.5. The Morgan fingerprint density at radius 3 is 2.56 bits per heavy atom. The Balaban J connectivity index is 2.39. The van der Waals surface area contributed by atoms with Crippen LogP contribution in [0.25, 0.3) is 0 Å². The van der Waals surface area contributed by atoms with Gasteiger partial charge < -0.3 is 10.2 Å². The number of carbonyl (C=O) groups excluding carboxylic acids is 1. The van der Waals surface area contributed by atoms with E-state index in [-0.39, 0.29) is 11.4 Å². The average molecular weight is 252 g/mol. The molecular weight excluding hydrogens is 224 g/mol. The number of carbonyl (C=O) groups is 1. The van der Waals surface area contributed by atoms with Crippen LogP contribution in [0.1, 0.15) is 41.0 Å². The van der Waals surface area contributed by atoms with Gasteiger partial charge in [0.1, 0.15) is 0 Å². The van der Waals surface area contributed by atoms with Crippen LogP contribution in [0.4, 0.5) is 0 Å². The minimum atomic E-state index is 0.0957. The molecule has 1 heterocycles. The van der Waals surface area contributed by atoms with E-state index in [1.165, 1.54) is 0 Å². The molecule has 0 spiro atoms. The second-order valence-corrected chi connectivity index (χ2v) is 6.84. The molecule has 3 heteroatoms. The molecular formula is C15H28N2O. The molecule has 1 fully saturated rings. The lowest BCUT2D eigenvalue weighted by atomic mass is 9.95. The number of nitrogens with one attached hydrogen (secondary N) is 1. The van der Waals surface area contributed by atoms with Gasteiger partial charge in [-0.15, -0.1) is 0 Å². The minimum absolute atomic E-state index is 0.0957. The topological polar surface area (TPSA) is 32.3 Å². The summed E-state index contributed by atoms with van der Waals surface area (Å²) in [5.41, 5.74) is 1.18. The Bertz CT molecular complexity index is 315. The first-order chi connectivity index (χ1) is 8.19. The van der Waals surface area contributed by atoms with Gasteiger partial charge in [-0.25, -0.2) is 0 Å². The Kier molecular flexibility index (Phi) is 4.97. The van der Waals surface area contributed by atoms with E-state index in [0.717, 1.165) is 18.7 Å². The third-order valence-electron chi connectivity index (χ3n) is 3.47. The molecule has 0 aromatic carbocycles. The predicted octanol–water partition coefficient (Wildman–Crippen LogP) is 2.44. The van der Waals surface area contributed by atoms with Crippen molar-refractivity contribution in [2.45, 2.75) is 46.6 Å². The molecule has 0 aliphatic carbocycles. The summed E-state index contributed by atoms with van der Waals surface area (Å²) in [6.07, 6.45) is 0.706. The molecule has 1 unspecified atom stereocenters. The van der Waals surface area contributed by atoms with Gasteiger partial charge in [0.05, 0.1) is 0 Å². The van der Waals surface area contributed by atoms with Crippen LogP contribution in [-0.2, 0) is 4.79 Å². The standard InChI is InChI=1S/C15H28N2O/c1-11(2)13-7-14(18)17(10-13)9-12(3)8-16-15(4,5)6/h11,13,16H,3,7-10H2,1-2,4-6H3. The third kappa shape index (κ3) is 4.81. The molecule has 1 aliphatic heterocycles. The van der Waals surface area contributed by atoms with E-state index in [0.29, 0.717) is 24.8 Å². The highest BCUT2D eigenvalue weighted by Crippen LogP contribution is 2.25. The molecule has 1 aliphatic rings. The third-order valence-corrected chi connectivity index (χ3v) is 3.47. The Morgan fingerprint density at radius 2 is 2.11 bits per heavy atom. The summed E-state index contributed by atoms with van der Waals surface area (Å²) in [5, 5.41) is 3.41. The van der Waals surface area contributed by atoms with Crippen molar-refractivity contribution in [3.8, 4) is 0 Å². The number of hydrogen-bond acceptors (Lipinski definition) is 2. The van der Waals surface area contributed by atoms with Crippen LogP contribution in [-0.4, -0.2) is 36.0 Å². The zero-order chi connectivity index (χ0) is 13.9. The van der Waals surface area contributed by atoms with Crippen molar-refractivity contribution < 1.29 is 4.79 Å². The van der Waals surface area contributed by atoms with E-state index in [4.69, 9.17) is 0 Å². The highest BCUT2D eigenvalue weighted by atomic mass is 16.2. The SMILES string of the molecule is C=C(CNC(C)(C)C)CN1CC(C(C)C)CC1=O. The van der Waals surface area contributed by atoms with Crippen molar-refractivity contribution in [3.63, 3.8) is 0 Å². The lowest BCUT2D eigenvalue weighted by Crippen LogP contribution is -2.39. The largest absolute Gasteiger partial charge is 0.338 e. The van der Waals surface area contributed by atoms with Crippen molar-refractivity contribution >= 4 is 5.91 Å². The number of likely N-dealkylation sites (tertiary alicyclic amines) is 1. The maximum atomic E-state index is 11.9. The van der Waals surface area contributed by atoms with Crippen LogP contribution < -0.4 is 5.32 Å². The first-order valence-corrected chi connectivity index (χ1v) is 6.88. The molecule has 1 rings (SSSR count). The molecule has 1 N–H and O–H groups in total. The first-order valence-electron chi connectivity index (χ1n) is 6.88. The van der Waals surface area contributed by atoms with Gasteiger partial charge in [0.25, 0.3) is 0 Å². The van der Waals surface area contributed by atoms with Crippen LogP contribution in [0.15, 0.2) is 12.2 Å². The molecule has 0 aromatic heterocycles. The summed E-state index contributed by atoms with van der Waals surface area (Å²) in [5.74, 6) is 1.38. The summed E-state index contributed by atoms with van der Waals surface area (Å²) in [6, 6.07) is 0. The van der Waals surface area contributed by atoms with E-state index in [2.05, 4.69) is 46.5 Å². The fourth-order valence-electron chi connectivity index (χ4n) is 2.12. The number of nitrogens with zero attached hydrogens (tertiary/aromatic N) is 1. The van der Waals surface area contributed by atoms with E-state index in [9.17, 15) is 4.79 Å². The van der Waals surface area contributed by atoms with Crippen molar-refractivity contribution in [1.82, 2.24) is 10.2 Å². The smallest absolute Gasteiger partial charge is 0.223 e. The van der Waals surface area contributed by atoms with E-state index in [1.807, 2.05) is 4.90 Å².